The fourth-order valence-corrected chi connectivity index (χ4v) is 2.72. The number of anilines is 1. The summed E-state index contributed by atoms with van der Waals surface area (Å²) < 4.78 is 24.4. The van der Waals surface area contributed by atoms with Crippen LogP contribution in [0.15, 0.2) is 24.3 Å². The third-order valence-electron chi connectivity index (χ3n) is 3.37. The Bertz CT molecular complexity index is 578. The monoisotopic (exact) mass is 311 g/mol. The first-order valence-electron chi connectivity index (χ1n) is 6.99. The van der Waals surface area contributed by atoms with Crippen LogP contribution in [0.2, 0.25) is 0 Å². The fourth-order valence-electron chi connectivity index (χ4n) is 2.29. The summed E-state index contributed by atoms with van der Waals surface area (Å²) in [6.45, 7) is 1.24. The van der Waals surface area contributed by atoms with E-state index in [1.165, 1.54) is 0 Å². The number of sulfonamides is 1. The molecule has 1 amide bonds. The highest BCUT2D eigenvalue weighted by Gasteiger charge is 2.17. The van der Waals surface area contributed by atoms with Crippen LogP contribution in [0.3, 0.4) is 0 Å². The van der Waals surface area contributed by atoms with E-state index in [1.54, 1.807) is 24.3 Å². The molecule has 6 nitrogen and oxygen atoms in total. The highest BCUT2D eigenvalue weighted by Crippen LogP contribution is 2.13. The standard InChI is InChI=1S/C14H21N3O3S/c1-21(19,20)16-10-11-4-6-12(7-5-11)17-14(18)9-13-3-2-8-15-13/h4-7,13,15-16H,2-3,8-10H2,1H3,(H,17,18). The Labute approximate surface area is 125 Å². The van der Waals surface area contributed by atoms with Gasteiger partial charge in [-0.3, -0.25) is 4.79 Å². The number of carbonyl (C=O) groups is 1. The molecule has 0 aliphatic carbocycles. The van der Waals surface area contributed by atoms with Gasteiger partial charge in [-0.25, -0.2) is 13.1 Å². The normalized spacial score (nSPS) is 18.6. The molecule has 0 aromatic heterocycles. The zero-order chi connectivity index (χ0) is 15.3. The van der Waals surface area contributed by atoms with Crippen LogP contribution in [0.25, 0.3) is 0 Å². The molecular weight excluding hydrogens is 290 g/mol. The van der Waals surface area contributed by atoms with Crippen LogP contribution in [0.5, 0.6) is 0 Å². The van der Waals surface area contributed by atoms with E-state index in [1.807, 2.05) is 0 Å². The lowest BCUT2D eigenvalue weighted by Gasteiger charge is -2.11. The van der Waals surface area contributed by atoms with Crippen LogP contribution in [0, 0.1) is 0 Å². The average Bonchev–Trinajstić information content (AvgIpc) is 2.89. The van der Waals surface area contributed by atoms with Gasteiger partial charge in [0.25, 0.3) is 0 Å². The predicted molar refractivity (Wildman–Crippen MR) is 82.4 cm³/mol. The van der Waals surface area contributed by atoms with Crippen molar-refractivity contribution in [2.24, 2.45) is 0 Å². The van der Waals surface area contributed by atoms with Gasteiger partial charge in [-0.05, 0) is 37.1 Å². The van der Waals surface area contributed by atoms with Gasteiger partial charge in [-0.1, -0.05) is 12.1 Å². The van der Waals surface area contributed by atoms with Crippen molar-refractivity contribution < 1.29 is 13.2 Å². The minimum absolute atomic E-state index is 0.00332. The third kappa shape index (κ3) is 5.82. The maximum Gasteiger partial charge on any atom is 0.225 e. The zero-order valence-corrected chi connectivity index (χ0v) is 12.9. The van der Waals surface area contributed by atoms with Crippen LogP contribution in [0.4, 0.5) is 5.69 Å². The van der Waals surface area contributed by atoms with Crippen molar-refractivity contribution in [1.29, 1.82) is 0 Å². The van der Waals surface area contributed by atoms with Crippen molar-refractivity contribution in [3.05, 3.63) is 29.8 Å². The maximum absolute atomic E-state index is 11.9. The van der Waals surface area contributed by atoms with Gasteiger partial charge in [0.15, 0.2) is 0 Å². The van der Waals surface area contributed by atoms with E-state index in [0.717, 1.165) is 36.9 Å². The molecule has 1 unspecified atom stereocenters. The molecule has 1 atom stereocenters. The molecule has 3 N–H and O–H groups in total. The molecule has 1 fully saturated rings. The Morgan fingerprint density at radius 3 is 2.62 bits per heavy atom. The second-order valence-electron chi connectivity index (χ2n) is 5.34. The number of nitrogens with one attached hydrogen (secondary N) is 3. The van der Waals surface area contributed by atoms with E-state index in [2.05, 4.69) is 15.4 Å². The first-order chi connectivity index (χ1) is 9.92. The molecule has 21 heavy (non-hydrogen) atoms. The number of hydrogen-bond donors (Lipinski definition) is 3. The number of hydrogen-bond acceptors (Lipinski definition) is 4. The Hall–Kier alpha value is -1.44. The number of rotatable bonds is 6. The fraction of sp³-hybridized carbons (Fsp3) is 0.500. The molecule has 1 aromatic carbocycles. The molecule has 0 radical (unpaired) electrons. The van der Waals surface area contributed by atoms with Crippen molar-refractivity contribution in [3.63, 3.8) is 0 Å². The van der Waals surface area contributed by atoms with Gasteiger partial charge < -0.3 is 10.6 Å². The van der Waals surface area contributed by atoms with Gasteiger partial charge >= 0.3 is 0 Å². The summed E-state index contributed by atoms with van der Waals surface area (Å²) in [5, 5.41) is 6.14. The van der Waals surface area contributed by atoms with Crippen molar-refractivity contribution in [2.75, 3.05) is 18.1 Å². The molecule has 116 valence electrons. The van der Waals surface area contributed by atoms with E-state index in [0.29, 0.717) is 6.42 Å². The first-order valence-corrected chi connectivity index (χ1v) is 8.88. The molecule has 1 aliphatic rings. The van der Waals surface area contributed by atoms with Gasteiger partial charge in [0, 0.05) is 24.7 Å². The molecule has 0 saturated carbocycles. The van der Waals surface area contributed by atoms with Crippen molar-refractivity contribution in [1.82, 2.24) is 10.0 Å². The highest BCUT2D eigenvalue weighted by atomic mass is 32.2. The van der Waals surface area contributed by atoms with E-state index < -0.39 is 10.0 Å². The van der Waals surface area contributed by atoms with E-state index in [4.69, 9.17) is 0 Å². The first kappa shape index (κ1) is 15.9. The van der Waals surface area contributed by atoms with Gasteiger partial charge in [-0.15, -0.1) is 0 Å². The number of carbonyl (C=O) groups excluding carboxylic acids is 1. The summed E-state index contributed by atoms with van der Waals surface area (Å²) in [4.78, 5) is 11.9. The molecule has 2 rings (SSSR count). The molecule has 7 heteroatoms. The van der Waals surface area contributed by atoms with E-state index >= 15 is 0 Å². The second-order valence-corrected chi connectivity index (χ2v) is 7.17. The van der Waals surface area contributed by atoms with E-state index in [-0.39, 0.29) is 18.5 Å². The lowest BCUT2D eigenvalue weighted by Crippen LogP contribution is -2.27. The summed E-state index contributed by atoms with van der Waals surface area (Å²) in [6.07, 6.45) is 3.78. The van der Waals surface area contributed by atoms with Gasteiger partial charge in [0.1, 0.15) is 0 Å². The van der Waals surface area contributed by atoms with Gasteiger partial charge in [0.2, 0.25) is 15.9 Å². The largest absolute Gasteiger partial charge is 0.326 e. The quantitative estimate of drug-likeness (QED) is 0.726. The summed E-state index contributed by atoms with van der Waals surface area (Å²) in [7, 11) is -3.19. The molecular formula is C14H21N3O3S. The lowest BCUT2D eigenvalue weighted by molar-refractivity contribution is -0.116. The Balaban J connectivity index is 1.82. The molecule has 1 aliphatic heterocycles. The van der Waals surface area contributed by atoms with Gasteiger partial charge in [-0.2, -0.15) is 0 Å². The summed E-state index contributed by atoms with van der Waals surface area (Å²) >= 11 is 0. The third-order valence-corrected chi connectivity index (χ3v) is 4.04. The molecule has 0 spiro atoms. The lowest BCUT2D eigenvalue weighted by atomic mass is 10.1. The van der Waals surface area contributed by atoms with Crippen molar-refractivity contribution in [2.45, 2.75) is 31.8 Å². The number of benzene rings is 1. The Morgan fingerprint density at radius 2 is 2.05 bits per heavy atom. The minimum atomic E-state index is -3.19. The maximum atomic E-state index is 11.9. The molecule has 1 aromatic rings. The summed E-state index contributed by atoms with van der Waals surface area (Å²) in [5.41, 5.74) is 1.57. The predicted octanol–water partition coefficient (Wildman–Crippen LogP) is 0.816. The van der Waals surface area contributed by atoms with Crippen LogP contribution in [-0.4, -0.2) is 33.2 Å². The SMILES string of the molecule is CS(=O)(=O)NCc1ccc(NC(=O)CC2CCCN2)cc1. The molecule has 1 saturated heterocycles. The van der Waals surface area contributed by atoms with Crippen LogP contribution in [0.1, 0.15) is 24.8 Å². The molecule has 0 bridgehead atoms. The van der Waals surface area contributed by atoms with Gasteiger partial charge in [0.05, 0.1) is 6.26 Å². The Morgan fingerprint density at radius 1 is 1.33 bits per heavy atom. The van der Waals surface area contributed by atoms with E-state index in [9.17, 15) is 13.2 Å². The van der Waals surface area contributed by atoms with Crippen molar-refractivity contribution >= 4 is 21.6 Å². The second kappa shape index (κ2) is 7.02. The highest BCUT2D eigenvalue weighted by molar-refractivity contribution is 7.88. The topological polar surface area (TPSA) is 87.3 Å². The smallest absolute Gasteiger partial charge is 0.225 e. The zero-order valence-electron chi connectivity index (χ0n) is 12.1. The molecule has 1 heterocycles. The van der Waals surface area contributed by atoms with Crippen LogP contribution in [-0.2, 0) is 21.4 Å². The number of amides is 1. The summed E-state index contributed by atoms with van der Waals surface area (Å²) in [6, 6.07) is 7.42. The summed E-state index contributed by atoms with van der Waals surface area (Å²) in [5.74, 6) is -0.00332. The van der Waals surface area contributed by atoms with Crippen LogP contribution < -0.4 is 15.4 Å². The minimum Gasteiger partial charge on any atom is -0.326 e. The average molecular weight is 311 g/mol. The Kier molecular flexibility index (Phi) is 5.33. The van der Waals surface area contributed by atoms with Crippen molar-refractivity contribution in [3.8, 4) is 0 Å². The van der Waals surface area contributed by atoms with Crippen LogP contribution >= 0.6 is 0 Å².